The number of carbonyl (C=O) groups is 1. The van der Waals surface area contributed by atoms with Gasteiger partial charge in [0.1, 0.15) is 0 Å². The van der Waals surface area contributed by atoms with E-state index in [1.165, 1.54) is 0 Å². The van der Waals surface area contributed by atoms with Crippen molar-refractivity contribution in [3.63, 3.8) is 0 Å². The van der Waals surface area contributed by atoms with Crippen LogP contribution in [0, 0.1) is 13.8 Å². The molecule has 0 spiro atoms. The average molecular weight is 272 g/mol. The Kier molecular flexibility index (Phi) is 4.20. The molecule has 1 aromatic heterocycles. The van der Waals surface area contributed by atoms with Crippen LogP contribution < -0.4 is 5.43 Å². The van der Waals surface area contributed by atoms with E-state index >= 15 is 0 Å². The molecule has 2 rings (SSSR count). The third-order valence-corrected chi connectivity index (χ3v) is 3.11. The van der Waals surface area contributed by atoms with Gasteiger partial charge in [0, 0.05) is 19.8 Å². The number of benzene rings is 1. The number of nitrogens with one attached hydrogen (secondary N) is 1. The number of rotatable bonds is 4. The molecule has 0 saturated heterocycles. The molecule has 106 valence electrons. The lowest BCUT2D eigenvalue weighted by Crippen LogP contribution is -2.36. The number of carbonyl (C=O) groups excluding carboxylic acids is 1. The summed E-state index contributed by atoms with van der Waals surface area (Å²) in [7, 11) is 3.58. The van der Waals surface area contributed by atoms with Crippen molar-refractivity contribution in [2.75, 3.05) is 14.1 Å². The van der Waals surface area contributed by atoms with Crippen LogP contribution in [0.3, 0.4) is 0 Å². The zero-order valence-corrected chi connectivity index (χ0v) is 12.3. The lowest BCUT2D eigenvalue weighted by Gasteiger charge is -2.12. The van der Waals surface area contributed by atoms with Gasteiger partial charge in [-0.15, -0.1) is 0 Å². The molecule has 0 saturated carbocycles. The van der Waals surface area contributed by atoms with Crippen LogP contribution in [0.15, 0.2) is 30.3 Å². The average Bonchev–Trinajstić information content (AvgIpc) is 2.65. The van der Waals surface area contributed by atoms with Crippen LogP contribution in [0.4, 0.5) is 0 Å². The minimum Gasteiger partial charge on any atom is -0.285 e. The van der Waals surface area contributed by atoms with Gasteiger partial charge in [-0.05, 0) is 19.4 Å². The predicted molar refractivity (Wildman–Crippen MR) is 78.4 cm³/mol. The number of aromatic nitrogens is 2. The van der Waals surface area contributed by atoms with Crippen molar-refractivity contribution in [1.29, 1.82) is 0 Å². The fourth-order valence-electron chi connectivity index (χ4n) is 2.19. The van der Waals surface area contributed by atoms with E-state index < -0.39 is 0 Å². The Morgan fingerprint density at radius 3 is 2.50 bits per heavy atom. The Hall–Kier alpha value is -2.14. The SMILES string of the molecule is Cc1nn(Cc2ccccc2)c(C)c1C(=O)NN(C)C. The molecular formula is C15H20N4O. The van der Waals surface area contributed by atoms with Crippen molar-refractivity contribution in [2.45, 2.75) is 20.4 Å². The van der Waals surface area contributed by atoms with Crippen LogP contribution in [-0.2, 0) is 6.54 Å². The number of aryl methyl sites for hydroxylation is 1. The lowest BCUT2D eigenvalue weighted by atomic mass is 10.2. The smallest absolute Gasteiger partial charge is 0.269 e. The van der Waals surface area contributed by atoms with E-state index in [1.807, 2.05) is 36.7 Å². The number of hydrogen-bond acceptors (Lipinski definition) is 3. The summed E-state index contributed by atoms with van der Waals surface area (Å²) in [6, 6.07) is 10.1. The molecular weight excluding hydrogens is 252 g/mol. The van der Waals surface area contributed by atoms with Gasteiger partial charge in [-0.3, -0.25) is 14.9 Å². The van der Waals surface area contributed by atoms with Crippen molar-refractivity contribution in [2.24, 2.45) is 0 Å². The third-order valence-electron chi connectivity index (χ3n) is 3.11. The summed E-state index contributed by atoms with van der Waals surface area (Å²) in [6.07, 6.45) is 0. The Labute approximate surface area is 119 Å². The number of amides is 1. The molecule has 0 aliphatic heterocycles. The maximum absolute atomic E-state index is 12.2. The van der Waals surface area contributed by atoms with Gasteiger partial charge in [0.25, 0.3) is 5.91 Å². The Balaban J connectivity index is 2.27. The molecule has 0 bridgehead atoms. The highest BCUT2D eigenvalue weighted by Crippen LogP contribution is 2.14. The summed E-state index contributed by atoms with van der Waals surface area (Å²) in [6.45, 7) is 4.45. The molecule has 1 aromatic carbocycles. The van der Waals surface area contributed by atoms with E-state index in [2.05, 4.69) is 22.7 Å². The van der Waals surface area contributed by atoms with Gasteiger partial charge in [-0.1, -0.05) is 30.3 Å². The third kappa shape index (κ3) is 3.05. The van der Waals surface area contributed by atoms with Crippen molar-refractivity contribution in [3.05, 3.63) is 52.8 Å². The second-order valence-electron chi connectivity index (χ2n) is 5.02. The van der Waals surface area contributed by atoms with E-state index in [0.29, 0.717) is 12.1 Å². The predicted octanol–water partition coefficient (Wildman–Crippen LogP) is 1.75. The molecule has 20 heavy (non-hydrogen) atoms. The first-order chi connectivity index (χ1) is 9.49. The summed E-state index contributed by atoms with van der Waals surface area (Å²) >= 11 is 0. The van der Waals surface area contributed by atoms with Gasteiger partial charge < -0.3 is 0 Å². The van der Waals surface area contributed by atoms with E-state index in [-0.39, 0.29) is 5.91 Å². The lowest BCUT2D eigenvalue weighted by molar-refractivity contribution is 0.0855. The van der Waals surface area contributed by atoms with E-state index in [0.717, 1.165) is 17.0 Å². The molecule has 5 heteroatoms. The molecule has 1 amide bonds. The van der Waals surface area contributed by atoms with E-state index in [4.69, 9.17) is 0 Å². The summed E-state index contributed by atoms with van der Waals surface area (Å²) in [5.74, 6) is -0.121. The first kappa shape index (κ1) is 14.3. The fraction of sp³-hybridized carbons (Fsp3) is 0.333. The highest BCUT2D eigenvalue weighted by molar-refractivity contribution is 5.96. The van der Waals surface area contributed by atoms with Crippen LogP contribution in [0.5, 0.6) is 0 Å². The van der Waals surface area contributed by atoms with E-state index in [1.54, 1.807) is 19.1 Å². The monoisotopic (exact) mass is 272 g/mol. The zero-order chi connectivity index (χ0) is 14.7. The van der Waals surface area contributed by atoms with Gasteiger partial charge in [0.15, 0.2) is 0 Å². The molecule has 1 N–H and O–H groups in total. The van der Waals surface area contributed by atoms with Crippen molar-refractivity contribution in [3.8, 4) is 0 Å². The zero-order valence-electron chi connectivity index (χ0n) is 12.3. The summed E-state index contributed by atoms with van der Waals surface area (Å²) in [4.78, 5) is 12.2. The molecule has 0 aliphatic carbocycles. The fourth-order valence-corrected chi connectivity index (χ4v) is 2.19. The first-order valence-corrected chi connectivity index (χ1v) is 6.55. The number of hydrogen-bond donors (Lipinski definition) is 1. The van der Waals surface area contributed by atoms with Gasteiger partial charge in [0.05, 0.1) is 17.8 Å². The highest BCUT2D eigenvalue weighted by atomic mass is 16.2. The molecule has 0 fully saturated rings. The summed E-state index contributed by atoms with van der Waals surface area (Å²) in [5, 5.41) is 6.11. The van der Waals surface area contributed by atoms with Crippen LogP contribution >= 0.6 is 0 Å². The van der Waals surface area contributed by atoms with Gasteiger partial charge in [0.2, 0.25) is 0 Å². The van der Waals surface area contributed by atoms with E-state index in [9.17, 15) is 4.79 Å². The molecule has 1 heterocycles. The minimum atomic E-state index is -0.121. The maximum atomic E-state index is 12.2. The van der Waals surface area contributed by atoms with Crippen LogP contribution in [-0.4, -0.2) is 34.8 Å². The van der Waals surface area contributed by atoms with Crippen molar-refractivity contribution >= 4 is 5.91 Å². The highest BCUT2D eigenvalue weighted by Gasteiger charge is 2.18. The Bertz CT molecular complexity index is 602. The summed E-state index contributed by atoms with van der Waals surface area (Å²) < 4.78 is 1.87. The topological polar surface area (TPSA) is 50.2 Å². The standard InChI is InChI=1S/C15H20N4O/c1-11-14(15(20)17-18(3)4)12(2)19(16-11)10-13-8-6-5-7-9-13/h5-9H,10H2,1-4H3,(H,17,20). The molecule has 2 aromatic rings. The minimum absolute atomic E-state index is 0.121. The second-order valence-corrected chi connectivity index (χ2v) is 5.02. The van der Waals surface area contributed by atoms with Crippen LogP contribution in [0.1, 0.15) is 27.3 Å². The molecule has 0 radical (unpaired) electrons. The van der Waals surface area contributed by atoms with Gasteiger partial charge >= 0.3 is 0 Å². The second kappa shape index (κ2) is 5.88. The van der Waals surface area contributed by atoms with Crippen LogP contribution in [0.25, 0.3) is 0 Å². The number of hydrazine groups is 1. The summed E-state index contributed by atoms with van der Waals surface area (Å²) in [5.41, 5.74) is 6.20. The van der Waals surface area contributed by atoms with Crippen molar-refractivity contribution < 1.29 is 4.79 Å². The Morgan fingerprint density at radius 2 is 1.90 bits per heavy atom. The quantitative estimate of drug-likeness (QED) is 0.863. The molecule has 5 nitrogen and oxygen atoms in total. The van der Waals surface area contributed by atoms with Gasteiger partial charge in [-0.25, -0.2) is 5.01 Å². The van der Waals surface area contributed by atoms with Crippen LogP contribution in [0.2, 0.25) is 0 Å². The normalized spacial score (nSPS) is 10.8. The maximum Gasteiger partial charge on any atom is 0.269 e. The molecule has 0 unspecified atom stereocenters. The molecule has 0 atom stereocenters. The number of nitrogens with zero attached hydrogens (tertiary/aromatic N) is 3. The largest absolute Gasteiger partial charge is 0.285 e. The molecule has 0 aliphatic rings. The first-order valence-electron chi connectivity index (χ1n) is 6.55. The Morgan fingerprint density at radius 1 is 1.25 bits per heavy atom. The van der Waals surface area contributed by atoms with Gasteiger partial charge in [-0.2, -0.15) is 5.10 Å². The van der Waals surface area contributed by atoms with Crippen molar-refractivity contribution in [1.82, 2.24) is 20.2 Å².